The van der Waals surface area contributed by atoms with Crippen LogP contribution in [-0.2, 0) is 16.0 Å². The van der Waals surface area contributed by atoms with Crippen molar-refractivity contribution < 1.29 is 14.7 Å². The van der Waals surface area contributed by atoms with Crippen LogP contribution >= 0.6 is 0 Å². The van der Waals surface area contributed by atoms with Crippen molar-refractivity contribution in [1.29, 1.82) is 0 Å². The molecule has 114 valence electrons. The van der Waals surface area contributed by atoms with Gasteiger partial charge in [-0.05, 0) is 30.2 Å². The van der Waals surface area contributed by atoms with E-state index in [1.165, 1.54) is 0 Å². The molecule has 1 aliphatic rings. The Morgan fingerprint density at radius 2 is 1.95 bits per heavy atom. The van der Waals surface area contributed by atoms with Crippen molar-refractivity contribution in [1.82, 2.24) is 5.32 Å². The molecule has 5 heteroatoms. The topological polar surface area (TPSA) is 92.4 Å². The van der Waals surface area contributed by atoms with Crippen molar-refractivity contribution in [3.05, 3.63) is 35.9 Å². The summed E-state index contributed by atoms with van der Waals surface area (Å²) in [6.45, 7) is 0.403. The van der Waals surface area contributed by atoms with Gasteiger partial charge in [0.15, 0.2) is 0 Å². The standard InChI is InChI=1S/C16H22N2O3/c17-13(9-12-5-2-1-3-6-12)15(21)18-11-16(7-4-8-16)10-14(19)20/h1-3,5-6,13H,4,7-11,17H2,(H,18,21)(H,19,20)/t13-/m0/s1. The van der Waals surface area contributed by atoms with Crippen LogP contribution in [-0.4, -0.2) is 29.6 Å². The fourth-order valence-corrected chi connectivity index (χ4v) is 2.78. The van der Waals surface area contributed by atoms with Crippen LogP contribution in [0, 0.1) is 5.41 Å². The molecule has 0 aromatic heterocycles. The average molecular weight is 290 g/mol. The number of hydrogen-bond acceptors (Lipinski definition) is 3. The van der Waals surface area contributed by atoms with Crippen LogP contribution in [0.25, 0.3) is 0 Å². The fraction of sp³-hybridized carbons (Fsp3) is 0.500. The Labute approximate surface area is 124 Å². The molecule has 21 heavy (non-hydrogen) atoms. The number of rotatable bonds is 7. The second-order valence-electron chi connectivity index (χ2n) is 5.94. The number of carboxylic acids is 1. The number of nitrogens with one attached hydrogen (secondary N) is 1. The fourth-order valence-electron chi connectivity index (χ4n) is 2.78. The van der Waals surface area contributed by atoms with Crippen LogP contribution < -0.4 is 11.1 Å². The van der Waals surface area contributed by atoms with Gasteiger partial charge in [-0.2, -0.15) is 0 Å². The summed E-state index contributed by atoms with van der Waals surface area (Å²) in [4.78, 5) is 22.9. The lowest BCUT2D eigenvalue weighted by molar-refractivity contribution is -0.142. The van der Waals surface area contributed by atoms with E-state index in [1.54, 1.807) is 0 Å². The van der Waals surface area contributed by atoms with E-state index in [-0.39, 0.29) is 17.7 Å². The van der Waals surface area contributed by atoms with Gasteiger partial charge in [-0.1, -0.05) is 36.8 Å². The number of aliphatic carboxylic acids is 1. The molecule has 0 heterocycles. The van der Waals surface area contributed by atoms with Gasteiger partial charge in [-0.15, -0.1) is 0 Å². The number of carbonyl (C=O) groups excluding carboxylic acids is 1. The molecule has 1 aliphatic carbocycles. The quantitative estimate of drug-likeness (QED) is 0.706. The van der Waals surface area contributed by atoms with E-state index in [2.05, 4.69) is 5.32 Å². The van der Waals surface area contributed by atoms with E-state index in [0.717, 1.165) is 24.8 Å². The van der Waals surface area contributed by atoms with Crippen molar-refractivity contribution in [3.63, 3.8) is 0 Å². The summed E-state index contributed by atoms with van der Waals surface area (Å²) in [5.74, 6) is -1.02. The van der Waals surface area contributed by atoms with Gasteiger partial charge in [0, 0.05) is 6.54 Å². The van der Waals surface area contributed by atoms with Crippen LogP contribution in [0.3, 0.4) is 0 Å². The zero-order valence-corrected chi connectivity index (χ0v) is 12.0. The van der Waals surface area contributed by atoms with Crippen molar-refractivity contribution >= 4 is 11.9 Å². The van der Waals surface area contributed by atoms with Gasteiger partial charge in [-0.3, -0.25) is 9.59 Å². The predicted molar refractivity (Wildman–Crippen MR) is 79.7 cm³/mol. The second kappa shape index (κ2) is 6.72. The van der Waals surface area contributed by atoms with Crippen LogP contribution in [0.15, 0.2) is 30.3 Å². The van der Waals surface area contributed by atoms with E-state index in [1.807, 2.05) is 30.3 Å². The number of benzene rings is 1. The van der Waals surface area contributed by atoms with Crippen LogP contribution in [0.4, 0.5) is 0 Å². The predicted octanol–water partition coefficient (Wildman–Crippen LogP) is 1.32. The molecular weight excluding hydrogens is 268 g/mol. The lowest BCUT2D eigenvalue weighted by Gasteiger charge is -2.41. The molecule has 5 nitrogen and oxygen atoms in total. The summed E-state index contributed by atoms with van der Waals surface area (Å²) in [6.07, 6.45) is 3.33. The Hall–Kier alpha value is -1.88. The minimum absolute atomic E-state index is 0.112. The molecule has 0 spiro atoms. The van der Waals surface area contributed by atoms with Gasteiger partial charge in [0.2, 0.25) is 5.91 Å². The Kier molecular flexibility index (Phi) is 4.96. The molecule has 0 saturated heterocycles. The van der Waals surface area contributed by atoms with E-state index in [9.17, 15) is 9.59 Å². The molecule has 1 aromatic carbocycles. The first-order valence-electron chi connectivity index (χ1n) is 7.30. The molecule has 4 N–H and O–H groups in total. The van der Waals surface area contributed by atoms with Crippen LogP contribution in [0.1, 0.15) is 31.2 Å². The van der Waals surface area contributed by atoms with Gasteiger partial charge < -0.3 is 16.2 Å². The summed E-state index contributed by atoms with van der Waals surface area (Å²) >= 11 is 0. The zero-order valence-electron chi connectivity index (χ0n) is 12.0. The third-order valence-electron chi connectivity index (χ3n) is 4.21. The number of nitrogens with two attached hydrogens (primary N) is 1. The lowest BCUT2D eigenvalue weighted by atomic mass is 9.66. The molecule has 1 aromatic rings. The number of hydrogen-bond donors (Lipinski definition) is 3. The molecular formula is C16H22N2O3. The highest BCUT2D eigenvalue weighted by Gasteiger charge is 2.39. The Balaban J connectivity index is 1.82. The maximum atomic E-state index is 12.0. The largest absolute Gasteiger partial charge is 0.481 e. The van der Waals surface area contributed by atoms with Gasteiger partial charge in [0.05, 0.1) is 12.5 Å². The summed E-state index contributed by atoms with van der Waals surface area (Å²) in [5.41, 5.74) is 6.66. The average Bonchev–Trinajstić information content (AvgIpc) is 2.42. The first-order chi connectivity index (χ1) is 10.0. The molecule has 1 fully saturated rings. The van der Waals surface area contributed by atoms with Gasteiger partial charge in [0.25, 0.3) is 0 Å². The number of carboxylic acid groups (broad SMARTS) is 1. The SMILES string of the molecule is N[C@@H](Cc1ccccc1)C(=O)NCC1(CC(=O)O)CCC1. The molecule has 1 saturated carbocycles. The number of carbonyl (C=O) groups is 2. The molecule has 2 rings (SSSR count). The third kappa shape index (κ3) is 4.29. The van der Waals surface area contributed by atoms with Gasteiger partial charge in [0.1, 0.15) is 0 Å². The summed E-state index contributed by atoms with van der Waals surface area (Å²) in [5, 5.41) is 11.8. The van der Waals surface area contributed by atoms with E-state index in [4.69, 9.17) is 10.8 Å². The maximum absolute atomic E-state index is 12.0. The first-order valence-corrected chi connectivity index (χ1v) is 7.30. The van der Waals surface area contributed by atoms with Crippen LogP contribution in [0.2, 0.25) is 0 Å². The Morgan fingerprint density at radius 1 is 1.29 bits per heavy atom. The first kappa shape index (κ1) is 15.5. The van der Waals surface area contributed by atoms with Gasteiger partial charge in [-0.25, -0.2) is 0 Å². The van der Waals surface area contributed by atoms with Crippen molar-refractivity contribution in [2.24, 2.45) is 11.1 Å². The Morgan fingerprint density at radius 3 is 2.48 bits per heavy atom. The zero-order chi connectivity index (χ0) is 15.3. The third-order valence-corrected chi connectivity index (χ3v) is 4.21. The Bertz CT molecular complexity index is 498. The van der Waals surface area contributed by atoms with Gasteiger partial charge >= 0.3 is 5.97 Å². The monoisotopic (exact) mass is 290 g/mol. The minimum atomic E-state index is -0.808. The highest BCUT2D eigenvalue weighted by atomic mass is 16.4. The highest BCUT2D eigenvalue weighted by Crippen LogP contribution is 2.43. The number of amides is 1. The molecule has 0 unspecified atom stereocenters. The smallest absolute Gasteiger partial charge is 0.303 e. The minimum Gasteiger partial charge on any atom is -0.481 e. The van der Waals surface area contributed by atoms with Crippen molar-refractivity contribution in [2.75, 3.05) is 6.54 Å². The van der Waals surface area contributed by atoms with E-state index < -0.39 is 12.0 Å². The van der Waals surface area contributed by atoms with Crippen molar-refractivity contribution in [2.45, 2.75) is 38.1 Å². The normalized spacial score (nSPS) is 17.6. The highest BCUT2D eigenvalue weighted by molar-refractivity contribution is 5.82. The maximum Gasteiger partial charge on any atom is 0.303 e. The summed E-state index contributed by atoms with van der Waals surface area (Å²) in [7, 11) is 0. The second-order valence-corrected chi connectivity index (χ2v) is 5.94. The summed E-state index contributed by atoms with van der Waals surface area (Å²) in [6, 6.07) is 9.01. The van der Waals surface area contributed by atoms with E-state index in [0.29, 0.717) is 13.0 Å². The lowest BCUT2D eigenvalue weighted by Crippen LogP contribution is -2.48. The molecule has 1 amide bonds. The van der Waals surface area contributed by atoms with Crippen LogP contribution in [0.5, 0.6) is 0 Å². The molecule has 0 aliphatic heterocycles. The van der Waals surface area contributed by atoms with Crippen molar-refractivity contribution in [3.8, 4) is 0 Å². The van der Waals surface area contributed by atoms with E-state index >= 15 is 0 Å². The summed E-state index contributed by atoms with van der Waals surface area (Å²) < 4.78 is 0. The molecule has 0 radical (unpaired) electrons. The molecule has 1 atom stereocenters. The molecule has 0 bridgehead atoms.